The van der Waals surface area contributed by atoms with E-state index in [2.05, 4.69) is 29.4 Å². The molecule has 0 aliphatic heterocycles. The Labute approximate surface area is 137 Å². The van der Waals surface area contributed by atoms with Crippen LogP contribution in [-0.2, 0) is 11.3 Å². The molecule has 0 radical (unpaired) electrons. The summed E-state index contributed by atoms with van der Waals surface area (Å²) in [4.78, 5) is 0. The molecule has 23 heavy (non-hydrogen) atoms. The summed E-state index contributed by atoms with van der Waals surface area (Å²) in [6.45, 7) is 2.80. The van der Waals surface area contributed by atoms with Crippen molar-refractivity contribution >= 4 is 11.0 Å². The van der Waals surface area contributed by atoms with Gasteiger partial charge < -0.3 is 4.74 Å². The molecule has 1 unspecified atom stereocenters. The Morgan fingerprint density at radius 3 is 2.61 bits per heavy atom. The number of para-hydroxylation sites is 1. The summed E-state index contributed by atoms with van der Waals surface area (Å²) in [5, 5.41) is 8.58. The van der Waals surface area contributed by atoms with Gasteiger partial charge in [0, 0.05) is 0 Å². The van der Waals surface area contributed by atoms with Crippen molar-refractivity contribution in [1.82, 2.24) is 15.0 Å². The lowest BCUT2D eigenvalue weighted by Gasteiger charge is -2.18. The molecule has 0 spiro atoms. The average Bonchev–Trinajstić information content (AvgIpc) is 3.03. The van der Waals surface area contributed by atoms with Gasteiger partial charge >= 0.3 is 0 Å². The molecule has 4 heteroatoms. The fourth-order valence-corrected chi connectivity index (χ4v) is 2.71. The number of fused-ring (bicyclic) bond motifs is 1. The van der Waals surface area contributed by atoms with Gasteiger partial charge in [-0.2, -0.15) is 0 Å². The number of unbranched alkanes of at least 4 members (excludes halogenated alkanes) is 2. The van der Waals surface area contributed by atoms with Crippen LogP contribution in [0.5, 0.6) is 0 Å². The van der Waals surface area contributed by atoms with Crippen LogP contribution in [0.4, 0.5) is 0 Å². The molecule has 0 amide bonds. The molecule has 4 nitrogen and oxygen atoms in total. The van der Waals surface area contributed by atoms with E-state index in [4.69, 9.17) is 4.74 Å². The first-order valence-corrected chi connectivity index (χ1v) is 8.34. The molecule has 3 rings (SSSR count). The lowest BCUT2D eigenvalue weighted by atomic mass is 10.2. The Balaban J connectivity index is 1.77. The topological polar surface area (TPSA) is 39.9 Å². The summed E-state index contributed by atoms with van der Waals surface area (Å²) < 4.78 is 8.11. The molecule has 3 aromatic rings. The van der Waals surface area contributed by atoms with Crippen molar-refractivity contribution in [2.24, 2.45) is 0 Å². The highest BCUT2D eigenvalue weighted by molar-refractivity contribution is 5.73. The van der Waals surface area contributed by atoms with E-state index in [-0.39, 0.29) is 6.23 Å². The number of benzene rings is 2. The molecule has 120 valence electrons. The number of aromatic nitrogens is 3. The van der Waals surface area contributed by atoms with Crippen LogP contribution in [0.1, 0.15) is 44.4 Å². The van der Waals surface area contributed by atoms with E-state index in [1.165, 1.54) is 18.4 Å². The van der Waals surface area contributed by atoms with Crippen LogP contribution in [0.25, 0.3) is 11.0 Å². The summed E-state index contributed by atoms with van der Waals surface area (Å²) in [6.07, 6.45) is 4.41. The van der Waals surface area contributed by atoms with Crippen LogP contribution in [0.3, 0.4) is 0 Å². The van der Waals surface area contributed by atoms with Gasteiger partial charge in [0.15, 0.2) is 6.23 Å². The van der Waals surface area contributed by atoms with Crippen LogP contribution in [-0.4, -0.2) is 15.0 Å². The zero-order valence-electron chi connectivity index (χ0n) is 13.6. The van der Waals surface area contributed by atoms with Gasteiger partial charge in [-0.15, -0.1) is 5.10 Å². The first-order chi connectivity index (χ1) is 11.4. The minimum Gasteiger partial charge on any atom is -0.352 e. The van der Waals surface area contributed by atoms with Gasteiger partial charge in [0.25, 0.3) is 0 Å². The third-order valence-corrected chi connectivity index (χ3v) is 3.99. The molecule has 0 bridgehead atoms. The molecule has 1 heterocycles. The minimum absolute atomic E-state index is 0.0749. The first-order valence-electron chi connectivity index (χ1n) is 8.34. The highest BCUT2D eigenvalue weighted by Gasteiger charge is 2.16. The molecule has 2 aromatic carbocycles. The maximum absolute atomic E-state index is 6.19. The standard InChI is InChI=1S/C19H23N3O/c1-2-3-5-14-19(23-15-16-10-6-4-7-11-16)22-18-13-9-8-12-17(18)20-21-22/h4,6-13,19H,2-3,5,14-15H2,1H3. The van der Waals surface area contributed by atoms with Crippen molar-refractivity contribution < 1.29 is 4.74 Å². The molecular formula is C19H23N3O. The number of hydrogen-bond acceptors (Lipinski definition) is 3. The van der Waals surface area contributed by atoms with E-state index in [1.54, 1.807) is 0 Å². The Morgan fingerprint density at radius 2 is 1.78 bits per heavy atom. The summed E-state index contributed by atoms with van der Waals surface area (Å²) in [5.74, 6) is 0. The second-order valence-electron chi connectivity index (χ2n) is 5.77. The van der Waals surface area contributed by atoms with Crippen LogP contribution >= 0.6 is 0 Å². The molecule has 0 saturated carbocycles. The second kappa shape index (κ2) is 7.88. The van der Waals surface area contributed by atoms with Crippen molar-refractivity contribution in [3.8, 4) is 0 Å². The van der Waals surface area contributed by atoms with Crippen molar-refractivity contribution in [3.63, 3.8) is 0 Å². The maximum Gasteiger partial charge on any atom is 0.153 e. The van der Waals surface area contributed by atoms with Crippen LogP contribution in [0, 0.1) is 0 Å². The normalized spacial score (nSPS) is 12.6. The fraction of sp³-hybridized carbons (Fsp3) is 0.368. The quantitative estimate of drug-likeness (QED) is 0.565. The van der Waals surface area contributed by atoms with E-state index in [0.29, 0.717) is 6.61 Å². The van der Waals surface area contributed by atoms with Crippen molar-refractivity contribution in [2.75, 3.05) is 0 Å². The zero-order valence-corrected chi connectivity index (χ0v) is 13.6. The third kappa shape index (κ3) is 3.96. The Bertz CT molecular complexity index is 724. The Morgan fingerprint density at radius 1 is 1.00 bits per heavy atom. The Hall–Kier alpha value is -2.20. The van der Waals surface area contributed by atoms with E-state index in [0.717, 1.165) is 23.9 Å². The zero-order chi connectivity index (χ0) is 15.9. The molecular weight excluding hydrogens is 286 g/mol. The van der Waals surface area contributed by atoms with Gasteiger partial charge in [-0.3, -0.25) is 0 Å². The van der Waals surface area contributed by atoms with Crippen LogP contribution in [0.2, 0.25) is 0 Å². The van der Waals surface area contributed by atoms with Gasteiger partial charge in [0.1, 0.15) is 5.52 Å². The predicted octanol–water partition coefficient (Wildman–Crippen LogP) is 4.73. The fourth-order valence-electron chi connectivity index (χ4n) is 2.71. The number of ether oxygens (including phenoxy) is 1. The van der Waals surface area contributed by atoms with Gasteiger partial charge in [0.2, 0.25) is 0 Å². The molecule has 0 saturated heterocycles. The summed E-state index contributed by atoms with van der Waals surface area (Å²) >= 11 is 0. The number of nitrogens with zero attached hydrogens (tertiary/aromatic N) is 3. The lowest BCUT2D eigenvalue weighted by molar-refractivity contribution is -0.0229. The molecule has 0 aliphatic rings. The summed E-state index contributed by atoms with van der Waals surface area (Å²) in [6, 6.07) is 18.3. The molecule has 0 N–H and O–H groups in total. The molecule has 1 atom stereocenters. The third-order valence-electron chi connectivity index (χ3n) is 3.99. The second-order valence-corrected chi connectivity index (χ2v) is 5.77. The van der Waals surface area contributed by atoms with Crippen molar-refractivity contribution in [2.45, 2.75) is 45.4 Å². The van der Waals surface area contributed by atoms with Crippen molar-refractivity contribution in [1.29, 1.82) is 0 Å². The summed E-state index contributed by atoms with van der Waals surface area (Å²) in [7, 11) is 0. The highest BCUT2D eigenvalue weighted by atomic mass is 16.5. The van der Waals surface area contributed by atoms with Crippen molar-refractivity contribution in [3.05, 3.63) is 60.2 Å². The highest BCUT2D eigenvalue weighted by Crippen LogP contribution is 2.23. The van der Waals surface area contributed by atoms with E-state index < -0.39 is 0 Å². The SMILES string of the molecule is CCCCCC(OCc1ccccc1)n1nnc2ccccc21. The van der Waals surface area contributed by atoms with Gasteiger partial charge in [-0.25, -0.2) is 4.68 Å². The van der Waals surface area contributed by atoms with Gasteiger partial charge in [-0.1, -0.05) is 67.4 Å². The van der Waals surface area contributed by atoms with Gasteiger partial charge in [0.05, 0.1) is 12.1 Å². The van der Waals surface area contributed by atoms with E-state index in [9.17, 15) is 0 Å². The lowest BCUT2D eigenvalue weighted by Crippen LogP contribution is -2.15. The average molecular weight is 309 g/mol. The largest absolute Gasteiger partial charge is 0.352 e. The summed E-state index contributed by atoms with van der Waals surface area (Å²) in [5.41, 5.74) is 3.12. The maximum atomic E-state index is 6.19. The predicted molar refractivity (Wildman–Crippen MR) is 91.9 cm³/mol. The monoisotopic (exact) mass is 309 g/mol. The Kier molecular flexibility index (Phi) is 5.37. The molecule has 0 aliphatic carbocycles. The van der Waals surface area contributed by atoms with E-state index >= 15 is 0 Å². The number of hydrogen-bond donors (Lipinski definition) is 0. The minimum atomic E-state index is -0.0749. The smallest absolute Gasteiger partial charge is 0.153 e. The van der Waals surface area contributed by atoms with E-state index in [1.807, 2.05) is 47.1 Å². The molecule has 1 aromatic heterocycles. The van der Waals surface area contributed by atoms with Gasteiger partial charge in [-0.05, 0) is 30.5 Å². The van der Waals surface area contributed by atoms with Crippen LogP contribution < -0.4 is 0 Å². The number of rotatable bonds is 8. The molecule has 0 fully saturated rings. The van der Waals surface area contributed by atoms with Crippen LogP contribution in [0.15, 0.2) is 54.6 Å². The first kappa shape index (κ1) is 15.7.